The zero-order chi connectivity index (χ0) is 17.1. The Hall–Kier alpha value is -1.59. The number of hydrogen-bond acceptors (Lipinski definition) is 3. The van der Waals surface area contributed by atoms with Gasteiger partial charge in [0, 0.05) is 6.42 Å². The number of rotatable bonds is 5. The van der Waals surface area contributed by atoms with Gasteiger partial charge in [-0.05, 0) is 43.4 Å². The summed E-state index contributed by atoms with van der Waals surface area (Å²) in [4.78, 5) is 35.8. The minimum absolute atomic E-state index is 0.116. The van der Waals surface area contributed by atoms with E-state index in [0.717, 1.165) is 25.7 Å². The first-order valence-corrected chi connectivity index (χ1v) is 9.37. The van der Waals surface area contributed by atoms with Gasteiger partial charge in [-0.15, -0.1) is 0 Å². The molecule has 3 fully saturated rings. The number of amides is 2. The molecular formula is C18H28N2O4. The van der Waals surface area contributed by atoms with Crippen LogP contribution in [-0.4, -0.2) is 22.9 Å². The maximum Gasteiger partial charge on any atom is 0.307 e. The Labute approximate surface area is 142 Å². The van der Waals surface area contributed by atoms with Crippen LogP contribution in [0.4, 0.5) is 0 Å². The maximum absolute atomic E-state index is 12.4. The third kappa shape index (κ3) is 3.73. The van der Waals surface area contributed by atoms with Crippen molar-refractivity contribution in [1.29, 1.82) is 0 Å². The van der Waals surface area contributed by atoms with Gasteiger partial charge in [0.2, 0.25) is 11.8 Å². The first-order chi connectivity index (χ1) is 11.6. The largest absolute Gasteiger partial charge is 0.481 e. The summed E-state index contributed by atoms with van der Waals surface area (Å²) in [6, 6.07) is 0. The molecule has 3 aliphatic carbocycles. The first-order valence-electron chi connectivity index (χ1n) is 9.37. The van der Waals surface area contributed by atoms with Crippen LogP contribution >= 0.6 is 0 Å². The van der Waals surface area contributed by atoms with Crippen molar-refractivity contribution in [2.45, 2.75) is 64.2 Å². The Morgan fingerprint density at radius 2 is 1.54 bits per heavy atom. The van der Waals surface area contributed by atoms with E-state index in [1.54, 1.807) is 0 Å². The molecular weight excluding hydrogens is 308 g/mol. The van der Waals surface area contributed by atoms with E-state index in [-0.39, 0.29) is 23.7 Å². The van der Waals surface area contributed by atoms with Crippen LogP contribution in [0.25, 0.3) is 0 Å². The van der Waals surface area contributed by atoms with Crippen molar-refractivity contribution < 1.29 is 19.5 Å². The SMILES string of the molecule is O=C(CCC1CCCCC1)NNC(=O)[C@H]1[C@H]2CC[C@@H](C2)[C@@H]1C(=O)O. The van der Waals surface area contributed by atoms with E-state index in [1.807, 2.05) is 0 Å². The highest BCUT2D eigenvalue weighted by Gasteiger charge is 2.54. The molecule has 0 aromatic heterocycles. The molecule has 6 heteroatoms. The van der Waals surface area contributed by atoms with Crippen molar-refractivity contribution in [1.82, 2.24) is 10.9 Å². The lowest BCUT2D eigenvalue weighted by Gasteiger charge is -2.27. The minimum atomic E-state index is -0.883. The van der Waals surface area contributed by atoms with Gasteiger partial charge in [-0.25, -0.2) is 0 Å². The van der Waals surface area contributed by atoms with Crippen molar-refractivity contribution in [3.8, 4) is 0 Å². The van der Waals surface area contributed by atoms with Crippen LogP contribution in [0.1, 0.15) is 64.2 Å². The molecule has 24 heavy (non-hydrogen) atoms. The van der Waals surface area contributed by atoms with Crippen LogP contribution in [0.15, 0.2) is 0 Å². The molecule has 4 atom stereocenters. The van der Waals surface area contributed by atoms with E-state index in [2.05, 4.69) is 10.9 Å². The molecule has 0 unspecified atom stereocenters. The monoisotopic (exact) mass is 336 g/mol. The summed E-state index contributed by atoms with van der Waals surface area (Å²) >= 11 is 0. The van der Waals surface area contributed by atoms with Gasteiger partial charge in [-0.1, -0.05) is 32.1 Å². The number of fused-ring (bicyclic) bond motifs is 2. The van der Waals surface area contributed by atoms with Gasteiger partial charge < -0.3 is 5.11 Å². The van der Waals surface area contributed by atoms with E-state index < -0.39 is 17.8 Å². The fourth-order valence-electron chi connectivity index (χ4n) is 5.11. The Kier molecular flexibility index (Phi) is 5.41. The molecule has 134 valence electrons. The summed E-state index contributed by atoms with van der Waals surface area (Å²) in [6.45, 7) is 0. The normalized spacial score (nSPS) is 32.5. The molecule has 2 bridgehead atoms. The summed E-state index contributed by atoms with van der Waals surface area (Å²) in [6.07, 6.45) is 10.1. The standard InChI is InChI=1S/C18H28N2O4/c21-14(9-6-11-4-2-1-3-5-11)19-20-17(22)15-12-7-8-13(10-12)16(15)18(23)24/h11-13,15-16H,1-10H2,(H,19,21)(H,20,22)(H,23,24)/t12-,13-,15-,16-/m0/s1. The number of carbonyl (C=O) groups excluding carboxylic acids is 2. The topological polar surface area (TPSA) is 95.5 Å². The number of hydrogen-bond donors (Lipinski definition) is 3. The average molecular weight is 336 g/mol. The van der Waals surface area contributed by atoms with E-state index in [0.29, 0.717) is 12.3 Å². The molecule has 0 aromatic rings. The predicted octanol–water partition coefficient (Wildman–Crippen LogP) is 2.24. The third-order valence-corrected chi connectivity index (χ3v) is 6.33. The van der Waals surface area contributed by atoms with E-state index in [4.69, 9.17) is 0 Å². The van der Waals surface area contributed by atoms with Crippen molar-refractivity contribution in [3.63, 3.8) is 0 Å². The Morgan fingerprint density at radius 1 is 0.875 bits per heavy atom. The molecule has 3 N–H and O–H groups in total. The molecule has 0 heterocycles. The van der Waals surface area contributed by atoms with Gasteiger partial charge in [0.05, 0.1) is 11.8 Å². The highest BCUT2D eigenvalue weighted by Crippen LogP contribution is 2.52. The number of aliphatic carboxylic acids is 1. The molecule has 0 saturated heterocycles. The van der Waals surface area contributed by atoms with Gasteiger partial charge in [-0.2, -0.15) is 0 Å². The number of hydrazine groups is 1. The van der Waals surface area contributed by atoms with Crippen LogP contribution in [-0.2, 0) is 14.4 Å². The molecule has 0 aromatic carbocycles. The van der Waals surface area contributed by atoms with Gasteiger partial charge in [-0.3, -0.25) is 25.2 Å². The van der Waals surface area contributed by atoms with Crippen molar-refractivity contribution in [2.75, 3.05) is 0 Å². The highest BCUT2D eigenvalue weighted by atomic mass is 16.4. The maximum atomic E-state index is 12.4. The zero-order valence-corrected chi connectivity index (χ0v) is 14.1. The Balaban J connectivity index is 1.43. The van der Waals surface area contributed by atoms with Crippen LogP contribution in [0, 0.1) is 29.6 Å². The molecule has 0 aliphatic heterocycles. The van der Waals surface area contributed by atoms with Crippen molar-refractivity contribution in [3.05, 3.63) is 0 Å². The summed E-state index contributed by atoms with van der Waals surface area (Å²) < 4.78 is 0. The minimum Gasteiger partial charge on any atom is -0.481 e. The zero-order valence-electron chi connectivity index (χ0n) is 14.1. The quantitative estimate of drug-likeness (QED) is 0.671. The number of carboxylic acids is 1. The van der Waals surface area contributed by atoms with Crippen LogP contribution < -0.4 is 10.9 Å². The third-order valence-electron chi connectivity index (χ3n) is 6.33. The van der Waals surface area contributed by atoms with Gasteiger partial charge >= 0.3 is 5.97 Å². The number of carboxylic acid groups (broad SMARTS) is 1. The summed E-state index contributed by atoms with van der Waals surface area (Å²) in [5.41, 5.74) is 4.97. The number of nitrogens with one attached hydrogen (secondary N) is 2. The van der Waals surface area contributed by atoms with Gasteiger partial charge in [0.1, 0.15) is 0 Å². The first kappa shape index (κ1) is 17.2. The lowest BCUT2D eigenvalue weighted by Crippen LogP contribution is -2.48. The molecule has 3 rings (SSSR count). The van der Waals surface area contributed by atoms with E-state index >= 15 is 0 Å². The van der Waals surface area contributed by atoms with E-state index in [9.17, 15) is 19.5 Å². The van der Waals surface area contributed by atoms with Gasteiger partial charge in [0.15, 0.2) is 0 Å². The average Bonchev–Trinajstić information content (AvgIpc) is 3.20. The Bertz CT molecular complexity index is 501. The smallest absolute Gasteiger partial charge is 0.307 e. The molecule has 2 amide bonds. The molecule has 0 radical (unpaired) electrons. The second-order valence-corrected chi connectivity index (χ2v) is 7.80. The second kappa shape index (κ2) is 7.53. The predicted molar refractivity (Wildman–Crippen MR) is 87.5 cm³/mol. The second-order valence-electron chi connectivity index (χ2n) is 7.80. The Morgan fingerprint density at radius 3 is 2.21 bits per heavy atom. The molecule has 3 saturated carbocycles. The summed E-state index contributed by atoms with van der Waals surface area (Å²) in [5.74, 6) is -1.60. The highest BCUT2D eigenvalue weighted by molar-refractivity contribution is 5.88. The van der Waals surface area contributed by atoms with Crippen LogP contribution in [0.2, 0.25) is 0 Å². The fourth-order valence-corrected chi connectivity index (χ4v) is 5.11. The lowest BCUT2D eigenvalue weighted by atomic mass is 9.79. The summed E-state index contributed by atoms with van der Waals surface area (Å²) in [5, 5.41) is 9.39. The number of carbonyl (C=O) groups is 3. The van der Waals surface area contributed by atoms with Crippen LogP contribution in [0.5, 0.6) is 0 Å². The summed E-state index contributed by atoms with van der Waals surface area (Å²) in [7, 11) is 0. The fraction of sp³-hybridized carbons (Fsp3) is 0.833. The molecule has 3 aliphatic rings. The molecule has 6 nitrogen and oxygen atoms in total. The van der Waals surface area contributed by atoms with E-state index in [1.165, 1.54) is 32.1 Å². The van der Waals surface area contributed by atoms with Crippen LogP contribution in [0.3, 0.4) is 0 Å². The lowest BCUT2D eigenvalue weighted by molar-refractivity contribution is -0.149. The van der Waals surface area contributed by atoms with Gasteiger partial charge in [0.25, 0.3) is 0 Å². The van der Waals surface area contributed by atoms with Crippen molar-refractivity contribution in [2.24, 2.45) is 29.6 Å². The van der Waals surface area contributed by atoms with Crippen molar-refractivity contribution >= 4 is 17.8 Å². The molecule has 0 spiro atoms.